The van der Waals surface area contributed by atoms with E-state index >= 15 is 0 Å². The number of hydrogen-bond donors (Lipinski definition) is 2. The lowest BCUT2D eigenvalue weighted by Crippen LogP contribution is -2.60. The Hall–Kier alpha value is -0.830. The Kier molecular flexibility index (Phi) is 2.37. The molecule has 0 aromatic carbocycles. The average Bonchev–Trinajstić information content (AvgIpc) is 2.45. The molecule has 3 N–H and O–H groups in total. The normalized spacial score (nSPS) is 50.8. The predicted octanol–water partition coefficient (Wildman–Crippen LogP) is 1.88. The van der Waals surface area contributed by atoms with Crippen LogP contribution in [-0.2, 0) is 4.79 Å². The van der Waals surface area contributed by atoms with Gasteiger partial charge in [0.1, 0.15) is 0 Å². The van der Waals surface area contributed by atoms with Gasteiger partial charge in [0.05, 0.1) is 6.42 Å². The molecule has 0 unspecified atom stereocenters. The van der Waals surface area contributed by atoms with Crippen molar-refractivity contribution in [2.45, 2.75) is 25.7 Å². The smallest absolute Gasteiger partial charge is 0.303 e. The minimum absolute atomic E-state index is 0.0942. The van der Waals surface area contributed by atoms with Gasteiger partial charge in [-0.15, -0.1) is 6.58 Å². The van der Waals surface area contributed by atoms with E-state index in [1.807, 2.05) is 0 Å². The van der Waals surface area contributed by atoms with Crippen LogP contribution >= 0.6 is 0 Å². The Bertz CT molecular complexity index is 359. The summed E-state index contributed by atoms with van der Waals surface area (Å²) in [7, 11) is 0. The topological polar surface area (TPSA) is 63.3 Å². The van der Waals surface area contributed by atoms with Gasteiger partial charge in [0.15, 0.2) is 0 Å². The first-order valence-electron chi connectivity index (χ1n) is 6.68. The van der Waals surface area contributed by atoms with E-state index in [1.54, 1.807) is 0 Å². The Morgan fingerprint density at radius 2 is 2.24 bits per heavy atom. The SMILES string of the molecule is C=C[C@H]1[C@H]2CC[C@H]3[C@@H]1[C@@H](C2)[C@@]3(CN)CC(=O)O. The summed E-state index contributed by atoms with van der Waals surface area (Å²) in [6, 6.07) is 0. The lowest BCUT2D eigenvalue weighted by molar-refractivity contribution is -0.160. The summed E-state index contributed by atoms with van der Waals surface area (Å²) in [4.78, 5) is 11.1. The first kappa shape index (κ1) is 11.3. The molecule has 0 heterocycles. The fourth-order valence-corrected chi connectivity index (χ4v) is 5.38. The summed E-state index contributed by atoms with van der Waals surface area (Å²) >= 11 is 0. The van der Waals surface area contributed by atoms with Gasteiger partial charge in [-0.2, -0.15) is 0 Å². The molecule has 3 aliphatic rings. The van der Waals surface area contributed by atoms with E-state index in [2.05, 4.69) is 12.7 Å². The zero-order chi connectivity index (χ0) is 12.2. The van der Waals surface area contributed by atoms with Crippen LogP contribution in [0.2, 0.25) is 0 Å². The molecule has 0 aromatic rings. The quantitative estimate of drug-likeness (QED) is 0.731. The highest BCUT2D eigenvalue weighted by Gasteiger charge is 2.68. The van der Waals surface area contributed by atoms with Crippen LogP contribution in [0.25, 0.3) is 0 Å². The molecule has 3 heteroatoms. The van der Waals surface area contributed by atoms with Crippen LogP contribution in [0.3, 0.4) is 0 Å². The molecule has 3 aliphatic carbocycles. The average molecular weight is 235 g/mol. The van der Waals surface area contributed by atoms with Gasteiger partial charge in [-0.05, 0) is 60.8 Å². The lowest BCUT2D eigenvalue weighted by atomic mass is 9.43. The van der Waals surface area contributed by atoms with Crippen molar-refractivity contribution in [2.24, 2.45) is 40.7 Å². The summed E-state index contributed by atoms with van der Waals surface area (Å²) in [5.74, 6) is 2.47. The third-order valence-corrected chi connectivity index (χ3v) is 5.93. The summed E-state index contributed by atoms with van der Waals surface area (Å²) in [5, 5.41) is 9.14. The summed E-state index contributed by atoms with van der Waals surface area (Å²) in [6.45, 7) is 4.51. The maximum Gasteiger partial charge on any atom is 0.303 e. The first-order chi connectivity index (χ1) is 8.14. The molecular formula is C14H21NO2. The monoisotopic (exact) mass is 235 g/mol. The molecule has 94 valence electrons. The van der Waals surface area contributed by atoms with Crippen LogP contribution in [0.5, 0.6) is 0 Å². The van der Waals surface area contributed by atoms with E-state index in [9.17, 15) is 4.79 Å². The van der Waals surface area contributed by atoms with Gasteiger partial charge in [0.2, 0.25) is 0 Å². The van der Waals surface area contributed by atoms with Gasteiger partial charge in [-0.3, -0.25) is 4.79 Å². The zero-order valence-electron chi connectivity index (χ0n) is 10.1. The zero-order valence-corrected chi connectivity index (χ0v) is 10.1. The highest BCUT2D eigenvalue weighted by Crippen LogP contribution is 2.72. The highest BCUT2D eigenvalue weighted by atomic mass is 16.4. The molecule has 2 bridgehead atoms. The number of nitrogens with two attached hydrogens (primary N) is 1. The van der Waals surface area contributed by atoms with Crippen molar-refractivity contribution in [1.82, 2.24) is 0 Å². The molecule has 0 saturated heterocycles. The Morgan fingerprint density at radius 3 is 2.82 bits per heavy atom. The molecule has 3 fully saturated rings. The molecule has 0 spiro atoms. The van der Waals surface area contributed by atoms with E-state index < -0.39 is 5.97 Å². The molecule has 3 saturated carbocycles. The van der Waals surface area contributed by atoms with E-state index in [4.69, 9.17) is 10.8 Å². The number of carboxylic acid groups (broad SMARTS) is 1. The largest absolute Gasteiger partial charge is 0.481 e. The van der Waals surface area contributed by atoms with E-state index in [0.717, 1.165) is 5.92 Å². The number of carboxylic acids is 1. The van der Waals surface area contributed by atoms with Crippen molar-refractivity contribution in [2.75, 3.05) is 6.54 Å². The van der Waals surface area contributed by atoms with Crippen LogP contribution in [0.15, 0.2) is 12.7 Å². The second-order valence-corrected chi connectivity index (χ2v) is 6.18. The minimum atomic E-state index is -0.681. The van der Waals surface area contributed by atoms with Crippen molar-refractivity contribution >= 4 is 5.97 Å². The van der Waals surface area contributed by atoms with Crippen molar-refractivity contribution in [1.29, 1.82) is 0 Å². The van der Waals surface area contributed by atoms with E-state index in [0.29, 0.717) is 30.2 Å². The molecule has 0 radical (unpaired) electrons. The van der Waals surface area contributed by atoms with Crippen LogP contribution in [0.1, 0.15) is 25.7 Å². The Morgan fingerprint density at radius 1 is 1.47 bits per heavy atom. The highest BCUT2D eigenvalue weighted by molar-refractivity contribution is 5.68. The van der Waals surface area contributed by atoms with Gasteiger partial charge in [-0.1, -0.05) is 6.08 Å². The standard InChI is InChI=1S/C14H21NO2/c1-2-9-8-3-4-10-13(9)11(5-8)14(10,7-15)6-12(16)17/h2,8-11,13H,1,3-7,15H2,(H,16,17)/t8-,9-,10-,11+,13+,14+/m0/s1. The summed E-state index contributed by atoms with van der Waals surface area (Å²) in [5.41, 5.74) is 5.86. The molecule has 6 atom stereocenters. The Balaban J connectivity index is 1.91. The van der Waals surface area contributed by atoms with Crippen LogP contribution in [0.4, 0.5) is 0 Å². The van der Waals surface area contributed by atoms with Crippen LogP contribution in [-0.4, -0.2) is 17.6 Å². The van der Waals surface area contributed by atoms with Crippen molar-refractivity contribution < 1.29 is 9.90 Å². The van der Waals surface area contributed by atoms with Gasteiger partial charge in [0.25, 0.3) is 0 Å². The third-order valence-electron chi connectivity index (χ3n) is 5.93. The maximum absolute atomic E-state index is 11.1. The van der Waals surface area contributed by atoms with Gasteiger partial charge in [0, 0.05) is 0 Å². The summed E-state index contributed by atoms with van der Waals surface area (Å²) in [6.07, 6.45) is 5.99. The van der Waals surface area contributed by atoms with Crippen LogP contribution in [0, 0.1) is 35.0 Å². The predicted molar refractivity (Wildman–Crippen MR) is 65.2 cm³/mol. The third kappa shape index (κ3) is 1.23. The van der Waals surface area contributed by atoms with Crippen molar-refractivity contribution in [3.8, 4) is 0 Å². The van der Waals surface area contributed by atoms with Gasteiger partial charge < -0.3 is 10.8 Å². The fourth-order valence-electron chi connectivity index (χ4n) is 5.38. The Labute approximate surface area is 102 Å². The molecule has 0 amide bonds. The van der Waals surface area contributed by atoms with E-state index in [1.165, 1.54) is 19.3 Å². The second kappa shape index (κ2) is 3.58. The summed E-state index contributed by atoms with van der Waals surface area (Å²) < 4.78 is 0. The molecular weight excluding hydrogens is 214 g/mol. The molecule has 3 nitrogen and oxygen atoms in total. The number of aliphatic carboxylic acids is 1. The minimum Gasteiger partial charge on any atom is -0.481 e. The second-order valence-electron chi connectivity index (χ2n) is 6.18. The molecule has 3 rings (SSSR count). The van der Waals surface area contributed by atoms with E-state index in [-0.39, 0.29) is 11.8 Å². The lowest BCUT2D eigenvalue weighted by Gasteiger charge is -2.61. The molecule has 0 aromatic heterocycles. The first-order valence-corrected chi connectivity index (χ1v) is 6.68. The number of carbonyl (C=O) groups is 1. The number of fused-ring (bicyclic) bond motifs is 1. The molecule has 17 heavy (non-hydrogen) atoms. The van der Waals surface area contributed by atoms with Crippen molar-refractivity contribution in [3.05, 3.63) is 12.7 Å². The van der Waals surface area contributed by atoms with Crippen molar-refractivity contribution in [3.63, 3.8) is 0 Å². The fraction of sp³-hybridized carbons (Fsp3) is 0.786. The maximum atomic E-state index is 11.1. The number of allylic oxidation sites excluding steroid dienone is 1. The van der Waals surface area contributed by atoms with Gasteiger partial charge >= 0.3 is 5.97 Å². The molecule has 0 aliphatic heterocycles. The number of hydrogen-bond acceptors (Lipinski definition) is 2. The number of rotatable bonds is 4. The van der Waals surface area contributed by atoms with Crippen LogP contribution < -0.4 is 5.73 Å². The van der Waals surface area contributed by atoms with Gasteiger partial charge in [-0.25, -0.2) is 0 Å².